The Kier molecular flexibility index (Phi) is 7.77. The third-order valence-corrected chi connectivity index (χ3v) is 6.95. The van der Waals surface area contributed by atoms with Gasteiger partial charge in [0, 0.05) is 31.1 Å². The number of rotatable bonds is 8. The van der Waals surface area contributed by atoms with Gasteiger partial charge in [-0.15, -0.1) is 0 Å². The van der Waals surface area contributed by atoms with E-state index in [2.05, 4.69) is 5.09 Å². The Balaban J connectivity index is 1.43. The van der Waals surface area contributed by atoms with Crippen LogP contribution in [0.5, 0.6) is 0 Å². The Hall–Kier alpha value is -2.77. The number of aromatic amines is 2. The van der Waals surface area contributed by atoms with Crippen molar-refractivity contribution < 1.29 is 43.9 Å². The van der Waals surface area contributed by atoms with Crippen molar-refractivity contribution in [3.63, 3.8) is 0 Å². The minimum atomic E-state index is -4.81. The summed E-state index contributed by atoms with van der Waals surface area (Å²) in [5, 5.41) is 42.8. The highest BCUT2D eigenvalue weighted by atomic mass is 31.2. The zero-order valence-corrected chi connectivity index (χ0v) is 19.6. The molecular formula is C18H24N5O13P. The van der Waals surface area contributed by atoms with Gasteiger partial charge in [-0.25, -0.2) is 19.2 Å². The van der Waals surface area contributed by atoms with Crippen molar-refractivity contribution >= 4 is 7.75 Å². The maximum absolute atomic E-state index is 12.7. The molecule has 0 aromatic carbocycles. The van der Waals surface area contributed by atoms with Crippen molar-refractivity contribution in [2.45, 2.75) is 49.1 Å². The first-order valence-electron chi connectivity index (χ1n) is 10.8. The van der Waals surface area contributed by atoms with Crippen LogP contribution in [0.1, 0.15) is 12.5 Å². The Labute approximate surface area is 204 Å². The van der Waals surface area contributed by atoms with E-state index in [4.69, 9.17) is 14.0 Å². The van der Waals surface area contributed by atoms with Crippen LogP contribution in [0, 0.1) is 0 Å². The summed E-state index contributed by atoms with van der Waals surface area (Å²) in [6.07, 6.45) is -10.1. The van der Waals surface area contributed by atoms with Crippen molar-refractivity contribution in [1.29, 1.82) is 0 Å². The average molecular weight is 549 g/mol. The first-order chi connectivity index (χ1) is 17.4. The van der Waals surface area contributed by atoms with E-state index in [0.717, 1.165) is 33.7 Å². The van der Waals surface area contributed by atoms with Crippen LogP contribution in [0.2, 0.25) is 0 Å². The summed E-state index contributed by atoms with van der Waals surface area (Å²) in [7, 11) is -4.81. The largest absolute Gasteiger partial charge is 0.403 e. The normalized spacial score (nSPS) is 33.4. The predicted octanol–water partition coefficient (Wildman–Crippen LogP) is -4.97. The molecule has 2 aromatic heterocycles. The molecule has 37 heavy (non-hydrogen) atoms. The fourth-order valence-electron chi connectivity index (χ4n) is 4.02. The summed E-state index contributed by atoms with van der Waals surface area (Å²) < 4.78 is 30.2. The predicted molar refractivity (Wildman–Crippen MR) is 118 cm³/mol. The molecule has 4 rings (SSSR count). The summed E-state index contributed by atoms with van der Waals surface area (Å²) in [5.74, 6) is 0. The monoisotopic (exact) mass is 549 g/mol. The highest BCUT2D eigenvalue weighted by molar-refractivity contribution is 7.50. The quantitative estimate of drug-likeness (QED) is 0.143. The van der Waals surface area contributed by atoms with E-state index in [1.807, 2.05) is 9.97 Å². The molecule has 0 spiro atoms. The molecule has 2 aromatic rings. The molecule has 0 amide bonds. The van der Waals surface area contributed by atoms with Crippen LogP contribution in [0.15, 0.2) is 43.7 Å². The summed E-state index contributed by atoms with van der Waals surface area (Å²) in [4.78, 5) is 60.7. The van der Waals surface area contributed by atoms with Gasteiger partial charge in [0.1, 0.15) is 36.6 Å². The molecule has 0 radical (unpaired) electrons. The fourth-order valence-corrected chi connectivity index (χ4v) is 5.09. The lowest BCUT2D eigenvalue weighted by atomic mass is 10.1. The van der Waals surface area contributed by atoms with Crippen LogP contribution in [0.3, 0.4) is 0 Å². The average Bonchev–Trinajstić information content (AvgIpc) is 3.28. The summed E-state index contributed by atoms with van der Waals surface area (Å²) in [6, 6.07) is 1.97. The number of hydrogen-bond acceptors (Lipinski definition) is 12. The zero-order chi connectivity index (χ0) is 27.1. The van der Waals surface area contributed by atoms with Crippen molar-refractivity contribution in [2.24, 2.45) is 0 Å². The minimum Gasteiger partial charge on any atom is -0.394 e. The molecule has 0 aliphatic carbocycles. The zero-order valence-electron chi connectivity index (χ0n) is 18.7. The maximum Gasteiger partial charge on any atom is 0.403 e. The molecule has 2 saturated heterocycles. The molecule has 8 N–H and O–H groups in total. The minimum absolute atomic E-state index is 0.586. The molecular weight excluding hydrogens is 525 g/mol. The third-order valence-electron chi connectivity index (χ3n) is 5.83. The van der Waals surface area contributed by atoms with Gasteiger partial charge in [-0.3, -0.25) is 33.2 Å². The molecule has 19 heteroatoms. The molecule has 2 aliphatic rings. The van der Waals surface area contributed by atoms with Crippen LogP contribution in [-0.2, 0) is 18.6 Å². The molecule has 1 unspecified atom stereocenters. The van der Waals surface area contributed by atoms with Gasteiger partial charge < -0.3 is 34.8 Å². The van der Waals surface area contributed by atoms with Gasteiger partial charge in [0.15, 0.2) is 12.5 Å². The van der Waals surface area contributed by atoms with Crippen molar-refractivity contribution in [2.75, 3.05) is 13.2 Å². The number of aliphatic hydroxyl groups excluding tert-OH is 4. The topological polar surface area (TPSA) is 268 Å². The molecule has 204 valence electrons. The van der Waals surface area contributed by atoms with Crippen molar-refractivity contribution in [3.05, 3.63) is 66.2 Å². The standard InChI is InChI=1S/C18H24N5O13P/c24-6-8-14(13(29)16(35-8)23-4-2-10(26)21-18(23)31)36-37(32,33)19-5-7-11(27)12(28)15(34-7)22-3-1-9(25)20-17(22)30/h1-4,7-8,11-16,24,27-29H,5-6H2,(H2,19,32,33)(H,20,25,30)(H,21,26,31)/t7-,8-,11-,12-,13-,14-,15-,16-/m1/s1. The number of hydrogen-bond donors (Lipinski definition) is 8. The Morgan fingerprint density at radius 2 is 1.41 bits per heavy atom. The Bertz CT molecular complexity index is 1400. The van der Waals surface area contributed by atoms with Gasteiger partial charge in [-0.2, -0.15) is 0 Å². The van der Waals surface area contributed by atoms with Gasteiger partial charge in [-0.1, -0.05) is 0 Å². The lowest BCUT2D eigenvalue weighted by Gasteiger charge is -2.24. The second kappa shape index (κ2) is 10.5. The first kappa shape index (κ1) is 27.3. The summed E-state index contributed by atoms with van der Waals surface area (Å²) in [6.45, 7) is -1.36. The summed E-state index contributed by atoms with van der Waals surface area (Å²) >= 11 is 0. The second-order valence-corrected chi connectivity index (χ2v) is 9.84. The Morgan fingerprint density at radius 1 is 0.892 bits per heavy atom. The van der Waals surface area contributed by atoms with Crippen LogP contribution in [-0.4, -0.2) is 94.2 Å². The number of nitrogens with one attached hydrogen (secondary N) is 3. The first-order valence-corrected chi connectivity index (χ1v) is 12.3. The number of aromatic nitrogens is 4. The number of H-pyrrole nitrogens is 2. The molecule has 0 bridgehead atoms. The van der Waals surface area contributed by atoms with E-state index in [9.17, 15) is 49.1 Å². The molecule has 9 atom stereocenters. The number of nitrogens with zero attached hydrogens (tertiary/aromatic N) is 2. The summed E-state index contributed by atoms with van der Waals surface area (Å²) in [5.41, 5.74) is -3.27. The van der Waals surface area contributed by atoms with Gasteiger partial charge >= 0.3 is 19.1 Å². The van der Waals surface area contributed by atoms with E-state index in [-0.39, 0.29) is 0 Å². The number of aliphatic hydroxyl groups is 4. The second-order valence-electron chi connectivity index (χ2n) is 8.27. The molecule has 4 heterocycles. The molecule has 2 aliphatic heterocycles. The number of ether oxygens (including phenoxy) is 2. The van der Waals surface area contributed by atoms with Crippen LogP contribution >= 0.6 is 7.75 Å². The van der Waals surface area contributed by atoms with Crippen LogP contribution in [0.25, 0.3) is 0 Å². The van der Waals surface area contributed by atoms with E-state index in [1.165, 1.54) is 0 Å². The van der Waals surface area contributed by atoms with E-state index >= 15 is 0 Å². The van der Waals surface area contributed by atoms with Gasteiger partial charge in [0.2, 0.25) is 0 Å². The van der Waals surface area contributed by atoms with Crippen molar-refractivity contribution in [3.8, 4) is 0 Å². The van der Waals surface area contributed by atoms with Gasteiger partial charge in [-0.05, 0) is 0 Å². The third kappa shape index (κ3) is 5.58. The van der Waals surface area contributed by atoms with Crippen LogP contribution in [0.4, 0.5) is 0 Å². The smallest absolute Gasteiger partial charge is 0.394 e. The van der Waals surface area contributed by atoms with E-state index < -0.39 is 92.5 Å². The van der Waals surface area contributed by atoms with Crippen molar-refractivity contribution in [1.82, 2.24) is 24.2 Å². The highest BCUT2D eigenvalue weighted by Gasteiger charge is 2.49. The fraction of sp³-hybridized carbons (Fsp3) is 0.556. The Morgan fingerprint density at radius 3 is 1.92 bits per heavy atom. The molecule has 18 nitrogen and oxygen atoms in total. The lowest BCUT2D eigenvalue weighted by Crippen LogP contribution is -2.40. The van der Waals surface area contributed by atoms with Gasteiger partial charge in [0.05, 0.1) is 6.61 Å². The maximum atomic E-state index is 12.7. The SMILES string of the molecule is O=c1ccn([C@@H]2O[C@H](CNP(=O)(O)O[C@H]3[C@@H](O)[C@H](n4ccc(=O)[nH]c4=O)O[C@@H]3CO)[C@@H](O)[C@H]2O)c(=O)[nH]1. The van der Waals surface area contributed by atoms with Crippen LogP contribution < -0.4 is 27.6 Å². The molecule has 2 fully saturated rings. The van der Waals surface area contributed by atoms with E-state index in [0.29, 0.717) is 0 Å². The lowest BCUT2D eigenvalue weighted by molar-refractivity contribution is -0.0547. The highest BCUT2D eigenvalue weighted by Crippen LogP contribution is 2.44. The van der Waals surface area contributed by atoms with E-state index in [1.54, 1.807) is 0 Å². The molecule has 0 saturated carbocycles. The van der Waals surface area contributed by atoms with Gasteiger partial charge in [0.25, 0.3) is 11.1 Å².